The number of nitrogens with zero attached hydrogens (tertiary/aromatic N) is 2. The third-order valence-corrected chi connectivity index (χ3v) is 2.34. The molecule has 1 aliphatic heterocycles. The van der Waals surface area contributed by atoms with Crippen LogP contribution in [0.2, 0.25) is 0 Å². The molecule has 0 aromatic heterocycles. The van der Waals surface area contributed by atoms with Gasteiger partial charge in [0.15, 0.2) is 0 Å². The van der Waals surface area contributed by atoms with E-state index < -0.39 is 25.0 Å². The van der Waals surface area contributed by atoms with E-state index in [0.29, 0.717) is 13.1 Å². The zero-order valence-corrected chi connectivity index (χ0v) is 15.2. The van der Waals surface area contributed by atoms with Gasteiger partial charge in [0.05, 0.1) is 11.9 Å². The summed E-state index contributed by atoms with van der Waals surface area (Å²) in [7, 11) is 0. The maximum Gasteiger partial charge on any atom is 1.00 e. The van der Waals surface area contributed by atoms with Gasteiger partial charge in [-0.3, -0.25) is 4.90 Å². The molecule has 0 aliphatic carbocycles. The van der Waals surface area contributed by atoms with Crippen LogP contribution in [0.5, 0.6) is 0 Å². The van der Waals surface area contributed by atoms with Crippen LogP contribution < -0.4 is 74.6 Å². The van der Waals surface area contributed by atoms with E-state index in [1.807, 2.05) is 0 Å². The van der Waals surface area contributed by atoms with Crippen LogP contribution in [0.15, 0.2) is 0 Å². The largest absolute Gasteiger partial charge is 1.00 e. The minimum Gasteiger partial charge on any atom is -0.549 e. The number of hydrogen-bond donors (Lipinski definition) is 1. The van der Waals surface area contributed by atoms with Crippen molar-refractivity contribution in [1.82, 2.24) is 15.1 Å². The third-order valence-electron chi connectivity index (χ3n) is 2.34. The molecular weight excluding hydrogens is 276 g/mol. The van der Waals surface area contributed by atoms with E-state index in [0.717, 1.165) is 4.90 Å². The second-order valence-corrected chi connectivity index (χ2v) is 3.67. The number of carboxylic acid groups (broad SMARTS) is 2. The van der Waals surface area contributed by atoms with Crippen molar-refractivity contribution < 1.29 is 83.7 Å². The fourth-order valence-electron chi connectivity index (χ4n) is 1.57. The quantitative estimate of drug-likeness (QED) is 0.465. The van der Waals surface area contributed by atoms with Crippen molar-refractivity contribution in [1.29, 1.82) is 0 Å². The Kier molecular flexibility index (Phi) is 12.3. The molecule has 0 spiro atoms. The summed E-state index contributed by atoms with van der Waals surface area (Å²) >= 11 is 0. The van der Waals surface area contributed by atoms with Crippen molar-refractivity contribution in [3.63, 3.8) is 0 Å². The minimum absolute atomic E-state index is 0. The monoisotopic (exact) mass is 289 g/mol. The standard InChI is InChI=1S/C9H15N3O5.2Na/c13-7(14)5-11(6-8(15)16)3-4-12-2-1-10-9(12)17;;/h1-6H2,(H,10,17)(H,13,14)(H,15,16);;/q;2*+1/p-2. The second kappa shape index (κ2) is 10.9. The molecular formula is C9H13N3Na2O5. The smallest absolute Gasteiger partial charge is 0.549 e. The Balaban J connectivity index is 0. The van der Waals surface area contributed by atoms with Crippen LogP contribution in [0.1, 0.15) is 0 Å². The van der Waals surface area contributed by atoms with Gasteiger partial charge >= 0.3 is 65.1 Å². The first-order valence-electron chi connectivity index (χ1n) is 5.14. The van der Waals surface area contributed by atoms with Gasteiger partial charge in [-0.2, -0.15) is 0 Å². The average molecular weight is 289 g/mol. The number of nitrogens with one attached hydrogen (secondary N) is 1. The summed E-state index contributed by atoms with van der Waals surface area (Å²) < 4.78 is 0. The number of aliphatic carboxylic acids is 2. The van der Waals surface area contributed by atoms with Gasteiger partial charge in [0, 0.05) is 39.3 Å². The molecule has 0 saturated carbocycles. The molecule has 0 aromatic rings. The molecule has 19 heavy (non-hydrogen) atoms. The number of carboxylic acids is 2. The van der Waals surface area contributed by atoms with Gasteiger partial charge in [0.25, 0.3) is 0 Å². The Labute approximate surface area is 155 Å². The van der Waals surface area contributed by atoms with Crippen LogP contribution in [0.4, 0.5) is 4.79 Å². The van der Waals surface area contributed by atoms with Crippen LogP contribution in [-0.4, -0.2) is 67.0 Å². The van der Waals surface area contributed by atoms with Gasteiger partial charge < -0.3 is 30.0 Å². The maximum atomic E-state index is 11.2. The van der Waals surface area contributed by atoms with E-state index >= 15 is 0 Å². The minimum atomic E-state index is -1.36. The SMILES string of the molecule is O=C([O-])CN(CCN1CCNC1=O)CC(=O)[O-].[Na+].[Na+]. The fourth-order valence-corrected chi connectivity index (χ4v) is 1.57. The third kappa shape index (κ3) is 8.85. The molecule has 8 nitrogen and oxygen atoms in total. The molecule has 0 atom stereocenters. The molecule has 1 N–H and O–H groups in total. The molecule has 1 saturated heterocycles. The van der Waals surface area contributed by atoms with Gasteiger partial charge in [-0.1, -0.05) is 0 Å². The van der Waals surface area contributed by atoms with E-state index in [-0.39, 0.29) is 78.2 Å². The second-order valence-electron chi connectivity index (χ2n) is 3.67. The number of hydrogen-bond acceptors (Lipinski definition) is 6. The molecule has 0 aromatic carbocycles. The van der Waals surface area contributed by atoms with Crippen molar-refractivity contribution in [2.24, 2.45) is 0 Å². The van der Waals surface area contributed by atoms with Crippen molar-refractivity contribution >= 4 is 18.0 Å². The first-order valence-corrected chi connectivity index (χ1v) is 5.14. The maximum absolute atomic E-state index is 11.2. The molecule has 1 heterocycles. The van der Waals surface area contributed by atoms with Crippen molar-refractivity contribution in [3.05, 3.63) is 0 Å². The molecule has 1 aliphatic rings. The Morgan fingerprint density at radius 1 is 1.21 bits per heavy atom. The van der Waals surface area contributed by atoms with Crippen molar-refractivity contribution in [2.45, 2.75) is 0 Å². The summed E-state index contributed by atoms with van der Waals surface area (Å²) in [4.78, 5) is 34.6. The first-order chi connectivity index (χ1) is 7.99. The summed E-state index contributed by atoms with van der Waals surface area (Å²) in [6, 6.07) is -0.230. The fraction of sp³-hybridized carbons (Fsp3) is 0.667. The van der Waals surface area contributed by atoms with E-state index in [1.165, 1.54) is 4.90 Å². The summed E-state index contributed by atoms with van der Waals surface area (Å²) in [5.41, 5.74) is 0. The van der Waals surface area contributed by atoms with Crippen LogP contribution in [0, 0.1) is 0 Å². The Morgan fingerprint density at radius 3 is 2.11 bits per heavy atom. The van der Waals surface area contributed by atoms with Gasteiger partial charge in [-0.05, 0) is 0 Å². The van der Waals surface area contributed by atoms with Crippen molar-refractivity contribution in [3.8, 4) is 0 Å². The van der Waals surface area contributed by atoms with Crippen LogP contribution in [0.3, 0.4) is 0 Å². The van der Waals surface area contributed by atoms with Gasteiger partial charge in [-0.15, -0.1) is 0 Å². The van der Waals surface area contributed by atoms with Gasteiger partial charge in [0.1, 0.15) is 0 Å². The summed E-state index contributed by atoms with van der Waals surface area (Å²) in [6.07, 6.45) is 0. The zero-order valence-electron chi connectivity index (χ0n) is 11.2. The molecule has 0 bridgehead atoms. The summed E-state index contributed by atoms with van der Waals surface area (Å²) in [6.45, 7) is 0.498. The number of carbonyl (C=O) groups excluding carboxylic acids is 3. The number of carbonyl (C=O) groups is 3. The van der Waals surface area contributed by atoms with E-state index in [1.54, 1.807) is 0 Å². The average Bonchev–Trinajstić information content (AvgIpc) is 2.59. The van der Waals surface area contributed by atoms with Gasteiger partial charge in [-0.25, -0.2) is 4.79 Å². The predicted molar refractivity (Wildman–Crippen MR) is 51.4 cm³/mol. The molecule has 2 amide bonds. The molecule has 1 fully saturated rings. The molecule has 10 heteroatoms. The first kappa shape index (κ1) is 21.5. The predicted octanol–water partition coefficient (Wildman–Crippen LogP) is -10.2. The zero-order chi connectivity index (χ0) is 12.8. The molecule has 1 rings (SSSR count). The Hall–Kier alpha value is 0.170. The number of rotatable bonds is 7. The van der Waals surface area contributed by atoms with E-state index in [2.05, 4.69) is 5.32 Å². The van der Waals surface area contributed by atoms with Crippen LogP contribution >= 0.6 is 0 Å². The molecule has 0 radical (unpaired) electrons. The Morgan fingerprint density at radius 2 is 1.74 bits per heavy atom. The van der Waals surface area contributed by atoms with E-state index in [9.17, 15) is 24.6 Å². The van der Waals surface area contributed by atoms with Gasteiger partial charge in [0.2, 0.25) is 0 Å². The molecule has 96 valence electrons. The van der Waals surface area contributed by atoms with Crippen LogP contribution in [0.25, 0.3) is 0 Å². The summed E-state index contributed by atoms with van der Waals surface area (Å²) in [5.74, 6) is -2.73. The topological polar surface area (TPSA) is 116 Å². The number of urea groups is 1. The Bertz CT molecular complexity index is 313. The van der Waals surface area contributed by atoms with E-state index in [4.69, 9.17) is 0 Å². The normalized spacial score (nSPS) is 13.5. The molecule has 0 unspecified atom stereocenters. The summed E-state index contributed by atoms with van der Waals surface area (Å²) in [5, 5.41) is 23.4. The van der Waals surface area contributed by atoms with Crippen molar-refractivity contribution in [2.75, 3.05) is 39.3 Å². The van der Waals surface area contributed by atoms with Crippen LogP contribution in [-0.2, 0) is 9.59 Å². The number of amides is 2.